The van der Waals surface area contributed by atoms with Crippen LogP contribution in [0.1, 0.15) is 10.4 Å². The lowest BCUT2D eigenvalue weighted by Gasteiger charge is -2.03. The number of hydrogen-bond donors (Lipinski definition) is 0. The fourth-order valence-corrected chi connectivity index (χ4v) is 2.22. The molecule has 2 aromatic carbocycles. The Morgan fingerprint density at radius 1 is 1.16 bits per heavy atom. The maximum atomic E-state index is 12.2. The molecule has 3 aromatic rings. The van der Waals surface area contributed by atoms with Crippen LogP contribution < -0.4 is 9.30 Å². The molecular formula is C18H14N3O4+. The van der Waals surface area contributed by atoms with E-state index in [2.05, 4.69) is 4.98 Å². The molecule has 0 bridgehead atoms. The Labute approximate surface area is 143 Å². The average Bonchev–Trinajstić information content (AvgIpc) is 2.63. The summed E-state index contributed by atoms with van der Waals surface area (Å²) in [5.74, 6) is 0.496. The molecule has 0 aliphatic rings. The van der Waals surface area contributed by atoms with E-state index >= 15 is 0 Å². The summed E-state index contributed by atoms with van der Waals surface area (Å²) in [5, 5.41) is 10.8. The number of carbonyl (C=O) groups is 1. The minimum atomic E-state index is -0.496. The number of nitro benzene ring substituents is 1. The molecule has 0 saturated carbocycles. The predicted molar refractivity (Wildman–Crippen MR) is 88.4 cm³/mol. The highest BCUT2D eigenvalue weighted by molar-refractivity contribution is 5.94. The van der Waals surface area contributed by atoms with E-state index in [1.807, 2.05) is 6.07 Å². The number of nitro groups is 1. The maximum Gasteiger partial charge on any atom is 0.285 e. The van der Waals surface area contributed by atoms with E-state index in [0.717, 1.165) is 0 Å². The number of non-ortho nitro benzene ring substituents is 1. The molecule has 25 heavy (non-hydrogen) atoms. The zero-order chi connectivity index (χ0) is 17.6. The van der Waals surface area contributed by atoms with Crippen molar-refractivity contribution >= 4 is 11.5 Å². The van der Waals surface area contributed by atoms with Crippen molar-refractivity contribution in [1.29, 1.82) is 0 Å². The normalized spacial score (nSPS) is 10.2. The topological polar surface area (TPSA) is 86.2 Å². The van der Waals surface area contributed by atoms with Crippen LogP contribution in [0.4, 0.5) is 5.69 Å². The molecule has 0 unspecified atom stereocenters. The molecule has 0 atom stereocenters. The van der Waals surface area contributed by atoms with E-state index in [9.17, 15) is 14.9 Å². The van der Waals surface area contributed by atoms with Gasteiger partial charge in [-0.1, -0.05) is 36.4 Å². The van der Waals surface area contributed by atoms with Crippen molar-refractivity contribution in [2.75, 3.05) is 0 Å². The van der Waals surface area contributed by atoms with Gasteiger partial charge in [-0.3, -0.25) is 14.9 Å². The fraction of sp³-hybridized carbons (Fsp3) is 0.0556. The molecule has 0 aliphatic heterocycles. The second-order valence-electron chi connectivity index (χ2n) is 5.21. The molecule has 0 N–H and O–H groups in total. The molecule has 0 spiro atoms. The zero-order valence-corrected chi connectivity index (χ0v) is 13.1. The Balaban J connectivity index is 1.74. The first kappa shape index (κ1) is 16.3. The molecule has 0 radical (unpaired) electrons. The third-order valence-electron chi connectivity index (χ3n) is 3.41. The minimum Gasteiger partial charge on any atom is -0.434 e. The lowest BCUT2D eigenvalue weighted by atomic mass is 10.1. The summed E-state index contributed by atoms with van der Waals surface area (Å²) in [6.07, 6.45) is 4.73. The SMILES string of the molecule is O=C(C[n+]1ccnc(Oc2cccc([N+](=O)[O-])c2)c1)c1ccccc1. The fourth-order valence-electron chi connectivity index (χ4n) is 2.22. The lowest BCUT2D eigenvalue weighted by Crippen LogP contribution is -2.37. The van der Waals surface area contributed by atoms with Gasteiger partial charge >= 0.3 is 0 Å². The molecule has 7 nitrogen and oxygen atoms in total. The second kappa shape index (κ2) is 7.31. The number of rotatable bonds is 6. The van der Waals surface area contributed by atoms with E-state index in [1.54, 1.807) is 47.3 Å². The Hall–Kier alpha value is -3.61. The average molecular weight is 336 g/mol. The number of ether oxygens (including phenoxy) is 1. The Morgan fingerprint density at radius 3 is 2.72 bits per heavy atom. The number of hydrogen-bond acceptors (Lipinski definition) is 5. The summed E-state index contributed by atoms with van der Waals surface area (Å²) >= 11 is 0. The summed E-state index contributed by atoms with van der Waals surface area (Å²) in [6.45, 7) is 0.137. The van der Waals surface area contributed by atoms with Crippen LogP contribution in [-0.4, -0.2) is 15.7 Å². The van der Waals surface area contributed by atoms with Crippen molar-refractivity contribution in [2.24, 2.45) is 0 Å². The number of benzene rings is 2. The highest BCUT2D eigenvalue weighted by Crippen LogP contribution is 2.22. The van der Waals surface area contributed by atoms with Crippen molar-refractivity contribution in [2.45, 2.75) is 6.54 Å². The van der Waals surface area contributed by atoms with Crippen LogP contribution in [0.25, 0.3) is 0 Å². The van der Waals surface area contributed by atoms with Gasteiger partial charge in [-0.25, -0.2) is 4.98 Å². The van der Waals surface area contributed by atoms with E-state index in [1.165, 1.54) is 24.4 Å². The van der Waals surface area contributed by atoms with Crippen molar-refractivity contribution in [3.63, 3.8) is 0 Å². The van der Waals surface area contributed by atoms with E-state index in [4.69, 9.17) is 4.74 Å². The Kier molecular flexibility index (Phi) is 4.75. The van der Waals surface area contributed by atoms with E-state index in [0.29, 0.717) is 11.3 Å². The quantitative estimate of drug-likeness (QED) is 0.299. The van der Waals surface area contributed by atoms with Gasteiger partial charge in [0, 0.05) is 11.6 Å². The molecule has 0 saturated heterocycles. The molecule has 3 rings (SSSR count). The zero-order valence-electron chi connectivity index (χ0n) is 13.1. The number of Topliss-reactive ketones (excluding diaryl/α,β-unsaturated/α-hetero) is 1. The van der Waals surface area contributed by atoms with Gasteiger partial charge in [0.15, 0.2) is 6.20 Å². The molecule has 7 heteroatoms. The van der Waals surface area contributed by atoms with Gasteiger partial charge < -0.3 is 4.74 Å². The largest absolute Gasteiger partial charge is 0.434 e. The van der Waals surface area contributed by atoms with Crippen LogP contribution in [0.2, 0.25) is 0 Å². The van der Waals surface area contributed by atoms with Gasteiger partial charge in [0.2, 0.25) is 18.5 Å². The van der Waals surface area contributed by atoms with Crippen molar-refractivity contribution in [3.05, 3.63) is 88.9 Å². The Bertz CT molecular complexity index is 913. The number of ketones is 1. The molecular weight excluding hydrogens is 322 g/mol. The van der Waals surface area contributed by atoms with Gasteiger partial charge in [0.1, 0.15) is 5.75 Å². The molecule has 0 fully saturated rings. The third kappa shape index (κ3) is 4.23. The van der Waals surface area contributed by atoms with Crippen molar-refractivity contribution in [1.82, 2.24) is 4.98 Å². The molecule has 124 valence electrons. The van der Waals surface area contributed by atoms with Gasteiger partial charge in [0.05, 0.1) is 17.2 Å². The number of nitrogens with zero attached hydrogens (tertiary/aromatic N) is 3. The molecule has 1 heterocycles. The standard InChI is InChI=1S/C18H14N3O4/c22-17(14-5-2-1-3-6-14)12-20-10-9-19-18(13-20)25-16-8-4-7-15(11-16)21(23)24/h1-11,13H,12H2/q+1. The first-order valence-electron chi connectivity index (χ1n) is 7.47. The smallest absolute Gasteiger partial charge is 0.285 e. The second-order valence-corrected chi connectivity index (χ2v) is 5.21. The predicted octanol–water partition coefficient (Wildman–Crippen LogP) is 2.95. The minimum absolute atomic E-state index is 0.0434. The molecule has 1 aromatic heterocycles. The maximum absolute atomic E-state index is 12.2. The summed E-state index contributed by atoms with van der Waals surface area (Å²) < 4.78 is 7.20. The third-order valence-corrected chi connectivity index (χ3v) is 3.41. The van der Waals surface area contributed by atoms with Crippen LogP contribution in [-0.2, 0) is 6.54 Å². The summed E-state index contributed by atoms with van der Waals surface area (Å²) in [6, 6.07) is 14.8. The highest BCUT2D eigenvalue weighted by atomic mass is 16.6. The van der Waals surface area contributed by atoms with Crippen LogP contribution in [0.15, 0.2) is 73.2 Å². The van der Waals surface area contributed by atoms with Crippen LogP contribution in [0.3, 0.4) is 0 Å². The summed E-state index contributed by atoms with van der Waals surface area (Å²) in [4.78, 5) is 26.6. The van der Waals surface area contributed by atoms with Crippen molar-refractivity contribution in [3.8, 4) is 11.6 Å². The lowest BCUT2D eigenvalue weighted by molar-refractivity contribution is -0.683. The van der Waals surface area contributed by atoms with Crippen LogP contribution >= 0.6 is 0 Å². The van der Waals surface area contributed by atoms with E-state index < -0.39 is 4.92 Å². The van der Waals surface area contributed by atoms with Crippen molar-refractivity contribution < 1.29 is 19.0 Å². The van der Waals surface area contributed by atoms with Gasteiger partial charge in [0.25, 0.3) is 11.6 Å². The van der Waals surface area contributed by atoms with Gasteiger partial charge in [-0.2, -0.15) is 4.57 Å². The first-order valence-corrected chi connectivity index (χ1v) is 7.47. The van der Waals surface area contributed by atoms with Crippen LogP contribution in [0, 0.1) is 10.1 Å². The summed E-state index contributed by atoms with van der Waals surface area (Å²) in [7, 11) is 0. The van der Waals surface area contributed by atoms with E-state index in [-0.39, 0.29) is 23.9 Å². The number of carbonyl (C=O) groups excluding carboxylic acids is 1. The monoisotopic (exact) mass is 336 g/mol. The highest BCUT2D eigenvalue weighted by Gasteiger charge is 2.14. The van der Waals surface area contributed by atoms with Gasteiger partial charge in [-0.05, 0) is 6.07 Å². The molecule has 0 amide bonds. The van der Waals surface area contributed by atoms with Gasteiger partial charge in [-0.15, -0.1) is 0 Å². The Morgan fingerprint density at radius 2 is 1.96 bits per heavy atom. The first-order chi connectivity index (χ1) is 12.1. The molecule has 0 aliphatic carbocycles. The number of aromatic nitrogens is 2. The summed E-state index contributed by atoms with van der Waals surface area (Å²) in [5.41, 5.74) is 0.550. The van der Waals surface area contributed by atoms with Crippen LogP contribution in [0.5, 0.6) is 11.6 Å².